The number of pyridine rings is 2. The number of aromatic nitrogens is 3. The molecular weight excluding hydrogens is 404 g/mol. The molecule has 0 saturated heterocycles. The van der Waals surface area contributed by atoms with E-state index in [9.17, 15) is 9.59 Å². The molecule has 0 fully saturated rings. The highest BCUT2D eigenvalue weighted by molar-refractivity contribution is 5.98. The number of amides is 1. The van der Waals surface area contributed by atoms with Crippen LogP contribution in [0.2, 0.25) is 0 Å². The summed E-state index contributed by atoms with van der Waals surface area (Å²) in [6.45, 7) is 0.223. The maximum atomic E-state index is 12.8. The Morgan fingerprint density at radius 1 is 0.969 bits per heavy atom. The van der Waals surface area contributed by atoms with Crippen molar-refractivity contribution in [3.8, 4) is 11.1 Å². The van der Waals surface area contributed by atoms with E-state index in [0.29, 0.717) is 23.2 Å². The molecule has 0 spiro atoms. The van der Waals surface area contributed by atoms with Crippen LogP contribution in [-0.2, 0) is 11.2 Å². The van der Waals surface area contributed by atoms with Crippen LogP contribution in [0.3, 0.4) is 0 Å². The van der Waals surface area contributed by atoms with E-state index in [2.05, 4.69) is 20.3 Å². The van der Waals surface area contributed by atoms with Crippen molar-refractivity contribution in [2.45, 2.75) is 6.42 Å². The molecule has 5 rings (SSSR count). The van der Waals surface area contributed by atoms with Gasteiger partial charge < -0.3 is 14.7 Å². The molecule has 32 heavy (non-hydrogen) atoms. The molecule has 3 aromatic heterocycles. The Kier molecular flexibility index (Phi) is 5.13. The second kappa shape index (κ2) is 8.39. The molecule has 1 amide bonds. The highest BCUT2D eigenvalue weighted by atomic mass is 16.5. The number of ether oxygens (including phenoxy) is 1. The number of carbonyl (C=O) groups is 1. The molecular formula is C25H20N4O3. The summed E-state index contributed by atoms with van der Waals surface area (Å²) in [5.41, 5.74) is 4.24. The number of hydrogen-bond donors (Lipinski definition) is 3. The molecule has 3 N–H and O–H groups in total. The average Bonchev–Trinajstić information content (AvgIpc) is 3.23. The number of aromatic amines is 2. The maximum absolute atomic E-state index is 12.8. The first kappa shape index (κ1) is 19.6. The molecule has 0 aliphatic heterocycles. The van der Waals surface area contributed by atoms with Gasteiger partial charge in [0.05, 0.1) is 12.1 Å². The third kappa shape index (κ3) is 3.96. The van der Waals surface area contributed by atoms with Crippen molar-refractivity contribution in [3.05, 3.63) is 95.2 Å². The second-order valence-electron chi connectivity index (χ2n) is 7.39. The SMILES string of the molecule is O=C(Nc1ccc2cc(-c3c[nH]c4ccccc34)c(=O)[nH]c2c1)OCCc1ccccn1. The van der Waals surface area contributed by atoms with E-state index in [-0.39, 0.29) is 12.2 Å². The number of benzene rings is 2. The highest BCUT2D eigenvalue weighted by Crippen LogP contribution is 2.28. The zero-order chi connectivity index (χ0) is 21.9. The molecule has 158 valence electrons. The first-order valence-electron chi connectivity index (χ1n) is 10.2. The number of H-pyrrole nitrogens is 2. The Bertz CT molecular complexity index is 1470. The third-order valence-electron chi connectivity index (χ3n) is 5.29. The number of rotatable bonds is 5. The molecule has 7 heteroatoms. The lowest BCUT2D eigenvalue weighted by Gasteiger charge is -2.08. The van der Waals surface area contributed by atoms with Crippen molar-refractivity contribution in [3.63, 3.8) is 0 Å². The number of nitrogens with zero attached hydrogens (tertiary/aromatic N) is 1. The number of nitrogens with one attached hydrogen (secondary N) is 3. The Labute approximate surface area is 183 Å². The Balaban J connectivity index is 1.33. The number of anilines is 1. The Morgan fingerprint density at radius 3 is 2.72 bits per heavy atom. The van der Waals surface area contributed by atoms with Gasteiger partial charge in [0.25, 0.3) is 5.56 Å². The summed E-state index contributed by atoms with van der Waals surface area (Å²) in [6.07, 6.45) is 3.53. The van der Waals surface area contributed by atoms with E-state index in [1.807, 2.05) is 60.8 Å². The van der Waals surface area contributed by atoms with Gasteiger partial charge in [-0.2, -0.15) is 0 Å². The Morgan fingerprint density at radius 2 is 1.84 bits per heavy atom. The van der Waals surface area contributed by atoms with Gasteiger partial charge in [0.15, 0.2) is 0 Å². The summed E-state index contributed by atoms with van der Waals surface area (Å²) in [4.78, 5) is 35.2. The molecule has 0 unspecified atom stereocenters. The van der Waals surface area contributed by atoms with Crippen LogP contribution in [0.25, 0.3) is 32.9 Å². The number of para-hydroxylation sites is 1. The number of hydrogen-bond acceptors (Lipinski definition) is 4. The molecule has 0 atom stereocenters. The van der Waals surface area contributed by atoms with Crippen molar-refractivity contribution >= 4 is 33.6 Å². The first-order valence-corrected chi connectivity index (χ1v) is 10.2. The molecule has 3 heterocycles. The standard InChI is InChI=1S/C25H20N4O3/c30-24-20(21-15-27-22-7-2-1-6-19(21)22)13-16-8-9-18(14-23(16)29-24)28-25(31)32-12-10-17-5-3-4-11-26-17/h1-9,11,13-15,27H,10,12H2,(H,28,31)(H,29,30). The van der Waals surface area contributed by atoms with Crippen LogP contribution in [0.15, 0.2) is 83.9 Å². The second-order valence-corrected chi connectivity index (χ2v) is 7.39. The number of fused-ring (bicyclic) bond motifs is 2. The molecule has 0 saturated carbocycles. The highest BCUT2D eigenvalue weighted by Gasteiger charge is 2.12. The fourth-order valence-corrected chi connectivity index (χ4v) is 3.72. The summed E-state index contributed by atoms with van der Waals surface area (Å²) in [5, 5.41) is 4.55. The fraction of sp³-hybridized carbons (Fsp3) is 0.0800. The third-order valence-corrected chi connectivity index (χ3v) is 5.29. The monoisotopic (exact) mass is 424 g/mol. The topological polar surface area (TPSA) is 99.9 Å². The van der Waals surface area contributed by atoms with Gasteiger partial charge in [0.2, 0.25) is 0 Å². The first-order chi connectivity index (χ1) is 15.7. The lowest BCUT2D eigenvalue weighted by molar-refractivity contribution is 0.162. The van der Waals surface area contributed by atoms with Gasteiger partial charge >= 0.3 is 6.09 Å². The van der Waals surface area contributed by atoms with Gasteiger partial charge in [-0.25, -0.2) is 4.79 Å². The molecule has 7 nitrogen and oxygen atoms in total. The quantitative estimate of drug-likeness (QED) is 0.375. The van der Waals surface area contributed by atoms with E-state index >= 15 is 0 Å². The summed E-state index contributed by atoms with van der Waals surface area (Å²) >= 11 is 0. The lowest BCUT2D eigenvalue weighted by Crippen LogP contribution is -2.15. The Hall–Kier alpha value is -4.39. The lowest BCUT2D eigenvalue weighted by atomic mass is 10.0. The molecule has 0 aliphatic carbocycles. The average molecular weight is 424 g/mol. The fourth-order valence-electron chi connectivity index (χ4n) is 3.72. The van der Waals surface area contributed by atoms with Crippen LogP contribution in [0.5, 0.6) is 0 Å². The van der Waals surface area contributed by atoms with Crippen LogP contribution >= 0.6 is 0 Å². The van der Waals surface area contributed by atoms with Crippen LogP contribution in [0.1, 0.15) is 5.69 Å². The van der Waals surface area contributed by atoms with Crippen molar-refractivity contribution in [1.29, 1.82) is 0 Å². The van der Waals surface area contributed by atoms with Crippen LogP contribution in [-0.4, -0.2) is 27.7 Å². The summed E-state index contributed by atoms with van der Waals surface area (Å²) in [5.74, 6) is 0. The van der Waals surface area contributed by atoms with Crippen LogP contribution < -0.4 is 10.9 Å². The van der Waals surface area contributed by atoms with Crippen molar-refractivity contribution in [1.82, 2.24) is 15.0 Å². The van der Waals surface area contributed by atoms with E-state index in [1.165, 1.54) is 0 Å². The van der Waals surface area contributed by atoms with E-state index < -0.39 is 6.09 Å². The predicted octanol–water partition coefficient (Wildman–Crippen LogP) is 4.86. The largest absolute Gasteiger partial charge is 0.449 e. The summed E-state index contributed by atoms with van der Waals surface area (Å²) in [6, 6.07) is 20.7. The molecule has 0 bridgehead atoms. The summed E-state index contributed by atoms with van der Waals surface area (Å²) in [7, 11) is 0. The smallest absolute Gasteiger partial charge is 0.411 e. The van der Waals surface area contributed by atoms with Crippen LogP contribution in [0.4, 0.5) is 10.5 Å². The minimum Gasteiger partial charge on any atom is -0.449 e. The molecule has 0 aliphatic rings. The van der Waals surface area contributed by atoms with Gasteiger partial charge in [-0.3, -0.25) is 15.1 Å². The van der Waals surface area contributed by atoms with E-state index in [4.69, 9.17) is 4.74 Å². The van der Waals surface area contributed by atoms with E-state index in [0.717, 1.165) is 27.5 Å². The minimum absolute atomic E-state index is 0.197. The molecule has 5 aromatic rings. The van der Waals surface area contributed by atoms with Gasteiger partial charge in [0.1, 0.15) is 0 Å². The van der Waals surface area contributed by atoms with Gasteiger partial charge in [-0.05, 0) is 41.8 Å². The van der Waals surface area contributed by atoms with Crippen molar-refractivity contribution < 1.29 is 9.53 Å². The minimum atomic E-state index is -0.557. The van der Waals surface area contributed by atoms with Gasteiger partial charge in [-0.15, -0.1) is 0 Å². The van der Waals surface area contributed by atoms with Gasteiger partial charge in [-0.1, -0.05) is 30.3 Å². The molecule has 0 radical (unpaired) electrons. The zero-order valence-electron chi connectivity index (χ0n) is 17.1. The van der Waals surface area contributed by atoms with Gasteiger partial charge in [0, 0.05) is 52.2 Å². The van der Waals surface area contributed by atoms with Crippen LogP contribution in [0, 0.1) is 0 Å². The van der Waals surface area contributed by atoms with Crippen molar-refractivity contribution in [2.24, 2.45) is 0 Å². The zero-order valence-corrected chi connectivity index (χ0v) is 17.1. The molecule has 2 aromatic carbocycles. The van der Waals surface area contributed by atoms with E-state index in [1.54, 1.807) is 18.3 Å². The number of carbonyl (C=O) groups excluding carboxylic acids is 1. The normalized spacial score (nSPS) is 11.0. The maximum Gasteiger partial charge on any atom is 0.411 e. The predicted molar refractivity (Wildman–Crippen MR) is 125 cm³/mol. The van der Waals surface area contributed by atoms with Crippen molar-refractivity contribution in [2.75, 3.05) is 11.9 Å². The summed E-state index contributed by atoms with van der Waals surface area (Å²) < 4.78 is 5.23.